The molecule has 0 N–H and O–H groups in total. The lowest BCUT2D eigenvalue weighted by atomic mass is 10.0. The SMILES string of the molecule is CC(C)(Cl)c1ccccc1.ClCc1ccc(CCl)cc1. The molecule has 0 amide bonds. The topological polar surface area (TPSA) is 0 Å². The summed E-state index contributed by atoms with van der Waals surface area (Å²) in [5, 5.41) is 0. The second-order valence-electron chi connectivity index (χ2n) is 4.92. The Morgan fingerprint density at radius 2 is 1.15 bits per heavy atom. The molecule has 0 nitrogen and oxygen atoms in total. The molecule has 0 saturated carbocycles. The fraction of sp³-hybridized carbons (Fsp3) is 0.294. The minimum Gasteiger partial charge on any atom is -0.122 e. The zero-order chi connectivity index (χ0) is 15.0. The van der Waals surface area contributed by atoms with Crippen molar-refractivity contribution in [2.24, 2.45) is 0 Å². The smallest absolute Gasteiger partial charge is 0.0638 e. The van der Waals surface area contributed by atoms with Crippen LogP contribution < -0.4 is 0 Å². The van der Waals surface area contributed by atoms with Crippen LogP contribution in [0.5, 0.6) is 0 Å². The van der Waals surface area contributed by atoms with Crippen LogP contribution in [-0.2, 0) is 16.6 Å². The lowest BCUT2D eigenvalue weighted by molar-refractivity contribution is 0.766. The molecule has 2 rings (SSSR count). The van der Waals surface area contributed by atoms with Gasteiger partial charge in [-0.15, -0.1) is 34.8 Å². The molecular weight excluding hydrogens is 311 g/mol. The summed E-state index contributed by atoms with van der Waals surface area (Å²) in [4.78, 5) is -0.235. The summed E-state index contributed by atoms with van der Waals surface area (Å²) >= 11 is 17.2. The highest BCUT2D eigenvalue weighted by Crippen LogP contribution is 2.26. The maximum absolute atomic E-state index is 6.06. The third-order valence-electron chi connectivity index (χ3n) is 2.79. The number of rotatable bonds is 3. The van der Waals surface area contributed by atoms with Crippen molar-refractivity contribution in [2.45, 2.75) is 30.5 Å². The molecule has 0 unspecified atom stereocenters. The summed E-state index contributed by atoms with van der Waals surface area (Å²) in [6, 6.07) is 18.0. The fourth-order valence-electron chi connectivity index (χ4n) is 1.55. The van der Waals surface area contributed by atoms with Crippen LogP contribution in [0.1, 0.15) is 30.5 Å². The van der Waals surface area contributed by atoms with Crippen molar-refractivity contribution in [3.8, 4) is 0 Å². The number of hydrogen-bond acceptors (Lipinski definition) is 0. The maximum atomic E-state index is 6.06. The molecule has 0 aliphatic carbocycles. The van der Waals surface area contributed by atoms with Gasteiger partial charge in [-0.25, -0.2) is 0 Å². The van der Waals surface area contributed by atoms with Crippen LogP contribution in [0.15, 0.2) is 54.6 Å². The van der Waals surface area contributed by atoms with Crippen LogP contribution in [0.4, 0.5) is 0 Å². The van der Waals surface area contributed by atoms with Gasteiger partial charge < -0.3 is 0 Å². The minimum atomic E-state index is -0.235. The van der Waals surface area contributed by atoms with Gasteiger partial charge in [0.2, 0.25) is 0 Å². The molecule has 0 aliphatic rings. The third-order valence-corrected chi connectivity index (χ3v) is 3.63. The van der Waals surface area contributed by atoms with E-state index in [0.717, 1.165) is 16.7 Å². The molecule has 0 saturated heterocycles. The highest BCUT2D eigenvalue weighted by molar-refractivity contribution is 6.23. The van der Waals surface area contributed by atoms with E-state index in [1.54, 1.807) is 0 Å². The van der Waals surface area contributed by atoms with Gasteiger partial charge in [0.05, 0.1) is 4.87 Å². The normalized spacial score (nSPS) is 10.7. The van der Waals surface area contributed by atoms with Gasteiger partial charge >= 0.3 is 0 Å². The second kappa shape index (κ2) is 8.56. The Morgan fingerprint density at radius 3 is 1.40 bits per heavy atom. The van der Waals surface area contributed by atoms with E-state index in [4.69, 9.17) is 34.8 Å². The van der Waals surface area contributed by atoms with Gasteiger partial charge in [-0.2, -0.15) is 0 Å². The van der Waals surface area contributed by atoms with Gasteiger partial charge in [0.15, 0.2) is 0 Å². The molecule has 0 atom stereocenters. The first-order valence-corrected chi connectivity index (χ1v) is 7.86. The van der Waals surface area contributed by atoms with Crippen LogP contribution in [0.2, 0.25) is 0 Å². The molecule has 0 aliphatic heterocycles. The summed E-state index contributed by atoms with van der Waals surface area (Å²) in [5.41, 5.74) is 3.43. The molecule has 3 heteroatoms. The maximum Gasteiger partial charge on any atom is 0.0638 e. The first kappa shape index (κ1) is 17.4. The molecule has 0 radical (unpaired) electrons. The van der Waals surface area contributed by atoms with Gasteiger partial charge in [-0.05, 0) is 30.5 Å². The zero-order valence-electron chi connectivity index (χ0n) is 11.7. The molecule has 0 fully saturated rings. The molecule has 20 heavy (non-hydrogen) atoms. The van der Waals surface area contributed by atoms with E-state index < -0.39 is 0 Å². The molecular formula is C17H19Cl3. The standard InChI is InChI=1S/C9H11Cl.C8H8Cl2/c1-9(2,10)8-6-4-3-5-7-8;9-5-7-1-2-8(6-10)4-3-7/h3-7H,1-2H3;1-4H,5-6H2. The first-order chi connectivity index (χ1) is 9.47. The highest BCUT2D eigenvalue weighted by atomic mass is 35.5. The van der Waals surface area contributed by atoms with Crippen molar-refractivity contribution in [3.05, 3.63) is 71.3 Å². The average Bonchev–Trinajstić information content (AvgIpc) is 2.48. The number of hydrogen-bond donors (Lipinski definition) is 0. The largest absolute Gasteiger partial charge is 0.122 e. The van der Waals surface area contributed by atoms with Gasteiger partial charge in [0, 0.05) is 11.8 Å². The predicted molar refractivity (Wildman–Crippen MR) is 90.9 cm³/mol. The Bertz CT molecular complexity index is 461. The Labute approximate surface area is 136 Å². The van der Waals surface area contributed by atoms with Gasteiger partial charge in [0.1, 0.15) is 0 Å². The molecule has 108 valence electrons. The van der Waals surface area contributed by atoms with Crippen molar-refractivity contribution < 1.29 is 0 Å². The zero-order valence-corrected chi connectivity index (χ0v) is 14.0. The van der Waals surface area contributed by atoms with Gasteiger partial charge in [-0.3, -0.25) is 0 Å². The predicted octanol–water partition coefficient (Wildman–Crippen LogP) is 6.32. The van der Waals surface area contributed by atoms with E-state index in [1.807, 2.05) is 68.4 Å². The van der Waals surface area contributed by atoms with Crippen LogP contribution in [-0.4, -0.2) is 0 Å². The number of alkyl halides is 3. The van der Waals surface area contributed by atoms with Crippen molar-refractivity contribution in [1.82, 2.24) is 0 Å². The Kier molecular flexibility index (Phi) is 7.43. The monoisotopic (exact) mass is 328 g/mol. The summed E-state index contributed by atoms with van der Waals surface area (Å²) in [5.74, 6) is 1.14. The van der Waals surface area contributed by atoms with Crippen LogP contribution in [0.25, 0.3) is 0 Å². The van der Waals surface area contributed by atoms with Crippen molar-refractivity contribution in [1.29, 1.82) is 0 Å². The van der Waals surface area contributed by atoms with Crippen LogP contribution in [0, 0.1) is 0 Å². The second-order valence-corrected chi connectivity index (χ2v) is 6.40. The van der Waals surface area contributed by atoms with E-state index in [1.165, 1.54) is 0 Å². The van der Waals surface area contributed by atoms with Gasteiger partial charge in [-0.1, -0.05) is 54.6 Å². The van der Waals surface area contributed by atoms with E-state index in [2.05, 4.69) is 0 Å². The third kappa shape index (κ3) is 6.17. The summed E-state index contributed by atoms with van der Waals surface area (Å²) in [7, 11) is 0. The van der Waals surface area contributed by atoms with Crippen molar-refractivity contribution in [2.75, 3.05) is 0 Å². The summed E-state index contributed by atoms with van der Waals surface area (Å²) in [6.45, 7) is 3.98. The minimum absolute atomic E-state index is 0.235. The molecule has 0 aromatic heterocycles. The molecule has 0 spiro atoms. The van der Waals surface area contributed by atoms with Crippen LogP contribution >= 0.6 is 34.8 Å². The van der Waals surface area contributed by atoms with Crippen molar-refractivity contribution >= 4 is 34.8 Å². The lowest BCUT2D eigenvalue weighted by Gasteiger charge is -2.15. The van der Waals surface area contributed by atoms with E-state index in [0.29, 0.717) is 11.8 Å². The van der Waals surface area contributed by atoms with E-state index in [-0.39, 0.29) is 4.87 Å². The quantitative estimate of drug-likeness (QED) is 0.578. The molecule has 0 bridgehead atoms. The van der Waals surface area contributed by atoms with Gasteiger partial charge in [0.25, 0.3) is 0 Å². The Morgan fingerprint density at radius 1 is 0.750 bits per heavy atom. The Balaban J connectivity index is 0.000000200. The average molecular weight is 330 g/mol. The Hall–Kier alpha value is -0.690. The molecule has 2 aromatic rings. The number of benzene rings is 2. The summed E-state index contributed by atoms with van der Waals surface area (Å²) in [6.07, 6.45) is 0. The first-order valence-electron chi connectivity index (χ1n) is 6.41. The van der Waals surface area contributed by atoms with E-state index >= 15 is 0 Å². The molecule has 0 heterocycles. The fourth-order valence-corrected chi connectivity index (χ4v) is 2.03. The van der Waals surface area contributed by atoms with E-state index in [9.17, 15) is 0 Å². The number of halogens is 3. The van der Waals surface area contributed by atoms with Crippen molar-refractivity contribution in [3.63, 3.8) is 0 Å². The molecule has 2 aromatic carbocycles. The lowest BCUT2D eigenvalue weighted by Crippen LogP contribution is -2.06. The van der Waals surface area contributed by atoms with Crippen LogP contribution in [0.3, 0.4) is 0 Å². The highest BCUT2D eigenvalue weighted by Gasteiger charge is 2.14. The summed E-state index contributed by atoms with van der Waals surface area (Å²) < 4.78 is 0.